The monoisotopic (exact) mass is 335 g/mol. The Bertz CT molecular complexity index is 659. The van der Waals surface area contributed by atoms with Crippen LogP contribution in [0.25, 0.3) is 0 Å². The molecule has 122 valence electrons. The lowest BCUT2D eigenvalue weighted by atomic mass is 10.1. The van der Waals surface area contributed by atoms with Crippen molar-refractivity contribution in [3.8, 4) is 0 Å². The molecule has 0 unspecified atom stereocenters. The molecule has 2 N–H and O–H groups in total. The van der Waals surface area contributed by atoms with Gasteiger partial charge < -0.3 is 10.6 Å². The number of hydrogen-bond donors (Lipinski definition) is 2. The Balaban J connectivity index is 1.67. The maximum absolute atomic E-state index is 13.2. The molecule has 1 aromatic heterocycles. The molecule has 1 saturated carbocycles. The van der Waals surface area contributed by atoms with Crippen LogP contribution in [-0.4, -0.2) is 21.2 Å². The van der Waals surface area contributed by atoms with Crippen LogP contribution in [0.4, 0.5) is 21.8 Å². The van der Waals surface area contributed by atoms with Gasteiger partial charge in [0, 0.05) is 11.7 Å². The van der Waals surface area contributed by atoms with Crippen LogP contribution in [0.2, 0.25) is 5.02 Å². The summed E-state index contributed by atoms with van der Waals surface area (Å²) in [6.45, 7) is 0. The average Bonchev–Trinajstić information content (AvgIpc) is 2.80. The molecule has 7 heteroatoms. The zero-order valence-corrected chi connectivity index (χ0v) is 13.5. The lowest BCUT2D eigenvalue weighted by Gasteiger charge is -2.16. The molecule has 0 saturated heterocycles. The van der Waals surface area contributed by atoms with Crippen molar-refractivity contribution in [2.45, 2.75) is 44.6 Å². The van der Waals surface area contributed by atoms with Crippen molar-refractivity contribution in [3.05, 3.63) is 35.2 Å². The normalized spacial score (nSPS) is 15.9. The highest BCUT2D eigenvalue weighted by Gasteiger charge is 2.13. The van der Waals surface area contributed by atoms with E-state index in [1.165, 1.54) is 44.0 Å². The highest BCUT2D eigenvalue weighted by atomic mass is 35.5. The maximum atomic E-state index is 13.2. The van der Waals surface area contributed by atoms with Gasteiger partial charge in [-0.15, -0.1) is 5.10 Å². The summed E-state index contributed by atoms with van der Waals surface area (Å²) in [4.78, 5) is 4.41. The second-order valence-corrected chi connectivity index (χ2v) is 6.16. The van der Waals surface area contributed by atoms with Gasteiger partial charge >= 0.3 is 0 Å². The molecular weight excluding hydrogens is 317 g/mol. The Morgan fingerprint density at radius 3 is 2.65 bits per heavy atom. The average molecular weight is 336 g/mol. The van der Waals surface area contributed by atoms with E-state index in [0.29, 0.717) is 23.5 Å². The lowest BCUT2D eigenvalue weighted by molar-refractivity contribution is 0.613. The molecule has 0 bridgehead atoms. The SMILES string of the molecule is Fc1ccc(Nc2cnnc(NC3CCCCCC3)n2)cc1Cl. The van der Waals surface area contributed by atoms with E-state index in [9.17, 15) is 4.39 Å². The summed E-state index contributed by atoms with van der Waals surface area (Å²) in [5.74, 6) is 0.600. The molecule has 0 amide bonds. The first-order chi connectivity index (χ1) is 11.2. The van der Waals surface area contributed by atoms with Crippen LogP contribution >= 0.6 is 11.6 Å². The number of aromatic nitrogens is 3. The fourth-order valence-corrected chi connectivity index (χ4v) is 2.93. The van der Waals surface area contributed by atoms with Gasteiger partial charge in [0.05, 0.1) is 11.2 Å². The summed E-state index contributed by atoms with van der Waals surface area (Å²) in [6, 6.07) is 4.82. The van der Waals surface area contributed by atoms with Crippen LogP contribution < -0.4 is 10.6 Å². The summed E-state index contributed by atoms with van der Waals surface area (Å²) in [5.41, 5.74) is 0.650. The zero-order chi connectivity index (χ0) is 16.1. The van der Waals surface area contributed by atoms with E-state index < -0.39 is 5.82 Å². The second kappa shape index (κ2) is 7.55. The molecule has 1 aliphatic carbocycles. The summed E-state index contributed by atoms with van der Waals surface area (Å²) in [6.07, 6.45) is 8.85. The van der Waals surface area contributed by atoms with E-state index in [1.807, 2.05) is 0 Å². The van der Waals surface area contributed by atoms with Crippen molar-refractivity contribution in [2.24, 2.45) is 0 Å². The number of halogens is 2. The summed E-state index contributed by atoms with van der Waals surface area (Å²) in [7, 11) is 0. The van der Waals surface area contributed by atoms with Gasteiger partial charge in [0.1, 0.15) is 5.82 Å². The molecule has 2 aromatic rings. The summed E-state index contributed by atoms with van der Waals surface area (Å²) >= 11 is 5.78. The Morgan fingerprint density at radius 1 is 1.13 bits per heavy atom. The number of nitrogens with one attached hydrogen (secondary N) is 2. The highest BCUT2D eigenvalue weighted by molar-refractivity contribution is 6.31. The molecule has 1 heterocycles. The lowest BCUT2D eigenvalue weighted by Crippen LogP contribution is -2.20. The molecule has 0 spiro atoms. The van der Waals surface area contributed by atoms with E-state index in [2.05, 4.69) is 25.8 Å². The molecule has 3 rings (SSSR count). The van der Waals surface area contributed by atoms with Gasteiger partial charge in [-0.2, -0.15) is 10.1 Å². The maximum Gasteiger partial charge on any atom is 0.244 e. The molecule has 0 aliphatic heterocycles. The van der Waals surface area contributed by atoms with Gasteiger partial charge in [0.2, 0.25) is 5.95 Å². The molecule has 0 atom stereocenters. The Morgan fingerprint density at radius 2 is 1.91 bits per heavy atom. The third-order valence-electron chi connectivity index (χ3n) is 3.94. The predicted octanol–water partition coefficient (Wildman–Crippen LogP) is 4.54. The summed E-state index contributed by atoms with van der Waals surface area (Å²) in [5, 5.41) is 14.5. The van der Waals surface area contributed by atoms with E-state index in [1.54, 1.807) is 6.07 Å². The topological polar surface area (TPSA) is 62.7 Å². The Hall–Kier alpha value is -1.95. The largest absolute Gasteiger partial charge is 0.350 e. The van der Waals surface area contributed by atoms with E-state index in [-0.39, 0.29) is 5.02 Å². The van der Waals surface area contributed by atoms with Crippen LogP contribution in [0.3, 0.4) is 0 Å². The predicted molar refractivity (Wildman–Crippen MR) is 89.6 cm³/mol. The van der Waals surface area contributed by atoms with Crippen LogP contribution in [0, 0.1) is 5.82 Å². The standard InChI is InChI=1S/C16H19ClFN5/c17-13-9-12(7-8-14(13)18)20-15-10-19-23-16(22-15)21-11-5-3-1-2-4-6-11/h7-11H,1-6H2,(H2,20,21,22,23). The first-order valence-corrected chi connectivity index (χ1v) is 8.27. The number of hydrogen-bond acceptors (Lipinski definition) is 5. The van der Waals surface area contributed by atoms with Crippen molar-refractivity contribution in [3.63, 3.8) is 0 Å². The Kier molecular flexibility index (Phi) is 5.23. The number of benzene rings is 1. The first kappa shape index (κ1) is 15.9. The third kappa shape index (κ3) is 4.51. The van der Waals surface area contributed by atoms with E-state index >= 15 is 0 Å². The molecular formula is C16H19ClFN5. The quantitative estimate of drug-likeness (QED) is 0.803. The summed E-state index contributed by atoms with van der Waals surface area (Å²) < 4.78 is 13.2. The van der Waals surface area contributed by atoms with Gasteiger partial charge in [-0.05, 0) is 31.0 Å². The minimum absolute atomic E-state index is 0.0637. The molecule has 5 nitrogen and oxygen atoms in total. The van der Waals surface area contributed by atoms with Crippen molar-refractivity contribution in [1.29, 1.82) is 0 Å². The number of rotatable bonds is 4. The fraction of sp³-hybridized carbons (Fsp3) is 0.438. The van der Waals surface area contributed by atoms with Crippen molar-refractivity contribution in [2.75, 3.05) is 10.6 Å². The zero-order valence-electron chi connectivity index (χ0n) is 12.7. The molecule has 1 aliphatic rings. The second-order valence-electron chi connectivity index (χ2n) is 5.75. The van der Waals surface area contributed by atoms with Gasteiger partial charge in [-0.25, -0.2) is 4.39 Å². The van der Waals surface area contributed by atoms with Crippen molar-refractivity contribution >= 4 is 29.1 Å². The van der Waals surface area contributed by atoms with Gasteiger partial charge in [-0.3, -0.25) is 0 Å². The smallest absolute Gasteiger partial charge is 0.244 e. The van der Waals surface area contributed by atoms with Crippen LogP contribution in [0.5, 0.6) is 0 Å². The van der Waals surface area contributed by atoms with Gasteiger partial charge in [-0.1, -0.05) is 37.3 Å². The van der Waals surface area contributed by atoms with Crippen molar-refractivity contribution in [1.82, 2.24) is 15.2 Å². The van der Waals surface area contributed by atoms with Gasteiger partial charge in [0.15, 0.2) is 5.82 Å². The molecule has 1 fully saturated rings. The number of anilines is 3. The van der Waals surface area contributed by atoms with E-state index in [0.717, 1.165) is 12.8 Å². The van der Waals surface area contributed by atoms with E-state index in [4.69, 9.17) is 11.6 Å². The minimum Gasteiger partial charge on any atom is -0.350 e. The Labute approximate surface area is 139 Å². The minimum atomic E-state index is -0.450. The molecule has 23 heavy (non-hydrogen) atoms. The van der Waals surface area contributed by atoms with Crippen LogP contribution in [-0.2, 0) is 0 Å². The molecule has 0 radical (unpaired) electrons. The van der Waals surface area contributed by atoms with Gasteiger partial charge in [0.25, 0.3) is 0 Å². The highest BCUT2D eigenvalue weighted by Crippen LogP contribution is 2.23. The third-order valence-corrected chi connectivity index (χ3v) is 4.23. The molecule has 1 aromatic carbocycles. The fourth-order valence-electron chi connectivity index (χ4n) is 2.75. The van der Waals surface area contributed by atoms with Crippen LogP contribution in [0.15, 0.2) is 24.4 Å². The number of nitrogens with zero attached hydrogens (tertiary/aromatic N) is 3. The van der Waals surface area contributed by atoms with Crippen molar-refractivity contribution < 1.29 is 4.39 Å². The van der Waals surface area contributed by atoms with Crippen LogP contribution in [0.1, 0.15) is 38.5 Å². The first-order valence-electron chi connectivity index (χ1n) is 7.89.